The standard InChI is InChI=1S/C18H21FN2O2S/c1-15(16-5-3-2-4-6-16)20-11-13-21(14-12-20)24(22,23)18-9-7-17(19)8-10-18/h2-10,15H,11-14H2,1H3/p+1/t15-/m1/s1. The highest BCUT2D eigenvalue weighted by Gasteiger charge is 2.32. The van der Waals surface area contributed by atoms with E-state index >= 15 is 0 Å². The largest absolute Gasteiger partial charge is 0.327 e. The van der Waals surface area contributed by atoms with Crippen LogP contribution in [0.3, 0.4) is 0 Å². The summed E-state index contributed by atoms with van der Waals surface area (Å²) in [5.74, 6) is -0.431. The lowest BCUT2D eigenvalue weighted by Crippen LogP contribution is -3.14. The van der Waals surface area contributed by atoms with E-state index in [1.165, 1.54) is 39.0 Å². The number of halogens is 1. The predicted octanol–water partition coefficient (Wildman–Crippen LogP) is 1.48. The molecule has 0 aromatic heterocycles. The zero-order valence-corrected chi connectivity index (χ0v) is 14.5. The number of benzene rings is 2. The Labute approximate surface area is 142 Å². The van der Waals surface area contributed by atoms with Crippen LogP contribution in [0.15, 0.2) is 59.5 Å². The Hall–Kier alpha value is -1.76. The summed E-state index contributed by atoms with van der Waals surface area (Å²) in [5, 5.41) is 0. The van der Waals surface area contributed by atoms with E-state index < -0.39 is 15.8 Å². The van der Waals surface area contributed by atoms with Crippen LogP contribution in [0.2, 0.25) is 0 Å². The number of hydrogen-bond donors (Lipinski definition) is 1. The first-order valence-electron chi connectivity index (χ1n) is 8.14. The van der Waals surface area contributed by atoms with Crippen molar-refractivity contribution in [2.75, 3.05) is 26.2 Å². The summed E-state index contributed by atoms with van der Waals surface area (Å²) in [5.41, 5.74) is 1.27. The maximum atomic E-state index is 13.0. The van der Waals surface area contributed by atoms with Crippen LogP contribution in [-0.2, 0) is 10.0 Å². The molecule has 6 heteroatoms. The summed E-state index contributed by atoms with van der Waals surface area (Å²) < 4.78 is 39.8. The topological polar surface area (TPSA) is 41.8 Å². The molecule has 1 heterocycles. The van der Waals surface area contributed by atoms with Crippen molar-refractivity contribution in [3.8, 4) is 0 Å². The van der Waals surface area contributed by atoms with Crippen molar-refractivity contribution >= 4 is 10.0 Å². The van der Waals surface area contributed by atoms with Gasteiger partial charge in [0.25, 0.3) is 0 Å². The average Bonchev–Trinajstić information content (AvgIpc) is 2.62. The molecule has 1 fully saturated rings. The monoisotopic (exact) mass is 349 g/mol. The number of nitrogens with zero attached hydrogens (tertiary/aromatic N) is 1. The van der Waals surface area contributed by atoms with Crippen LogP contribution in [0.5, 0.6) is 0 Å². The van der Waals surface area contributed by atoms with Gasteiger partial charge in [-0.25, -0.2) is 12.8 Å². The highest BCUT2D eigenvalue weighted by atomic mass is 32.2. The van der Waals surface area contributed by atoms with Gasteiger partial charge >= 0.3 is 0 Å². The first-order chi connectivity index (χ1) is 11.5. The molecule has 1 saturated heterocycles. The molecule has 0 unspecified atom stereocenters. The number of piperazine rings is 1. The summed E-state index contributed by atoms with van der Waals surface area (Å²) >= 11 is 0. The third-order valence-corrected chi connectivity index (χ3v) is 6.64. The zero-order chi connectivity index (χ0) is 17.2. The first kappa shape index (κ1) is 17.1. The van der Waals surface area contributed by atoms with Crippen molar-refractivity contribution < 1.29 is 17.7 Å². The van der Waals surface area contributed by atoms with Crippen molar-refractivity contribution in [1.82, 2.24) is 4.31 Å². The molecule has 128 valence electrons. The maximum absolute atomic E-state index is 13.0. The highest BCUT2D eigenvalue weighted by molar-refractivity contribution is 7.89. The van der Waals surface area contributed by atoms with E-state index in [0.29, 0.717) is 19.1 Å². The van der Waals surface area contributed by atoms with E-state index in [-0.39, 0.29) is 4.90 Å². The van der Waals surface area contributed by atoms with Gasteiger partial charge in [-0.3, -0.25) is 0 Å². The van der Waals surface area contributed by atoms with Gasteiger partial charge in [0, 0.05) is 5.56 Å². The fourth-order valence-electron chi connectivity index (χ4n) is 3.18. The van der Waals surface area contributed by atoms with Gasteiger partial charge in [0.1, 0.15) is 11.9 Å². The van der Waals surface area contributed by atoms with E-state index in [0.717, 1.165) is 13.1 Å². The van der Waals surface area contributed by atoms with Crippen molar-refractivity contribution in [3.63, 3.8) is 0 Å². The lowest BCUT2D eigenvalue weighted by Gasteiger charge is -2.35. The fraction of sp³-hybridized carbons (Fsp3) is 0.333. The third-order valence-electron chi connectivity index (χ3n) is 4.73. The van der Waals surface area contributed by atoms with Crippen LogP contribution >= 0.6 is 0 Å². The Morgan fingerprint density at radius 2 is 1.58 bits per heavy atom. The Balaban J connectivity index is 1.67. The van der Waals surface area contributed by atoms with Gasteiger partial charge in [0.2, 0.25) is 10.0 Å². The van der Waals surface area contributed by atoms with Crippen LogP contribution in [0.25, 0.3) is 0 Å². The molecule has 1 aliphatic rings. The number of quaternary nitrogens is 1. The molecule has 0 bridgehead atoms. The smallest absolute Gasteiger partial charge is 0.243 e. The molecule has 2 aromatic rings. The van der Waals surface area contributed by atoms with Gasteiger partial charge in [0.05, 0.1) is 31.1 Å². The first-order valence-corrected chi connectivity index (χ1v) is 9.58. The van der Waals surface area contributed by atoms with E-state index in [9.17, 15) is 12.8 Å². The van der Waals surface area contributed by atoms with Crippen molar-refractivity contribution in [2.45, 2.75) is 17.9 Å². The molecule has 0 aliphatic carbocycles. The quantitative estimate of drug-likeness (QED) is 0.908. The number of hydrogen-bond acceptors (Lipinski definition) is 2. The molecule has 0 saturated carbocycles. The van der Waals surface area contributed by atoms with Gasteiger partial charge in [-0.2, -0.15) is 4.31 Å². The zero-order valence-electron chi connectivity index (χ0n) is 13.7. The van der Waals surface area contributed by atoms with Crippen LogP contribution in [0, 0.1) is 5.82 Å². The molecule has 24 heavy (non-hydrogen) atoms. The summed E-state index contributed by atoms with van der Waals surface area (Å²) in [6.45, 7) is 4.65. The highest BCUT2D eigenvalue weighted by Crippen LogP contribution is 2.16. The molecule has 3 rings (SSSR count). The summed E-state index contributed by atoms with van der Waals surface area (Å²) in [7, 11) is -3.54. The Bertz CT molecular complexity index is 770. The Morgan fingerprint density at radius 1 is 1.00 bits per heavy atom. The number of sulfonamides is 1. The molecular weight excluding hydrogens is 327 g/mol. The second-order valence-electron chi connectivity index (χ2n) is 6.15. The van der Waals surface area contributed by atoms with Crippen LogP contribution in [0.4, 0.5) is 4.39 Å². The van der Waals surface area contributed by atoms with Crippen molar-refractivity contribution in [2.24, 2.45) is 0 Å². The molecule has 1 atom stereocenters. The molecular formula is C18H22FN2O2S+. The second kappa shape index (κ2) is 7.01. The van der Waals surface area contributed by atoms with E-state index in [1.54, 1.807) is 0 Å². The number of rotatable bonds is 4. The SMILES string of the molecule is C[C@H](c1ccccc1)[NH+]1CCN(S(=O)(=O)c2ccc(F)cc2)CC1. The molecule has 0 spiro atoms. The van der Waals surface area contributed by atoms with Crippen LogP contribution in [0.1, 0.15) is 18.5 Å². The van der Waals surface area contributed by atoms with Crippen molar-refractivity contribution in [3.05, 3.63) is 66.0 Å². The number of nitrogens with one attached hydrogen (secondary N) is 1. The average molecular weight is 349 g/mol. The lowest BCUT2D eigenvalue weighted by molar-refractivity contribution is -0.933. The molecule has 0 amide bonds. The maximum Gasteiger partial charge on any atom is 0.243 e. The minimum absolute atomic E-state index is 0.156. The Morgan fingerprint density at radius 3 is 2.17 bits per heavy atom. The van der Waals surface area contributed by atoms with Gasteiger partial charge in [-0.1, -0.05) is 30.3 Å². The third kappa shape index (κ3) is 3.50. The fourth-order valence-corrected chi connectivity index (χ4v) is 4.62. The molecule has 1 aliphatic heterocycles. The van der Waals surface area contributed by atoms with Gasteiger partial charge in [-0.15, -0.1) is 0 Å². The van der Waals surface area contributed by atoms with Gasteiger partial charge in [-0.05, 0) is 31.2 Å². The predicted molar refractivity (Wildman–Crippen MR) is 90.7 cm³/mol. The molecule has 4 nitrogen and oxygen atoms in total. The van der Waals surface area contributed by atoms with Crippen molar-refractivity contribution in [1.29, 1.82) is 0 Å². The van der Waals surface area contributed by atoms with E-state index in [2.05, 4.69) is 19.1 Å². The van der Waals surface area contributed by atoms with Gasteiger partial charge < -0.3 is 4.90 Å². The summed E-state index contributed by atoms with van der Waals surface area (Å²) in [4.78, 5) is 1.54. The molecule has 0 radical (unpaired) electrons. The molecule has 1 N–H and O–H groups in total. The van der Waals surface area contributed by atoms with E-state index in [1.807, 2.05) is 18.2 Å². The lowest BCUT2D eigenvalue weighted by atomic mass is 10.1. The minimum atomic E-state index is -3.54. The van der Waals surface area contributed by atoms with Crippen LogP contribution < -0.4 is 4.90 Å². The summed E-state index contributed by atoms with van der Waals surface area (Å²) in [6, 6.07) is 15.6. The van der Waals surface area contributed by atoms with E-state index in [4.69, 9.17) is 0 Å². The van der Waals surface area contributed by atoms with Gasteiger partial charge in [0.15, 0.2) is 0 Å². The second-order valence-corrected chi connectivity index (χ2v) is 8.09. The van der Waals surface area contributed by atoms with Crippen LogP contribution in [-0.4, -0.2) is 38.9 Å². The Kier molecular flexibility index (Phi) is 4.99. The minimum Gasteiger partial charge on any atom is -0.327 e. The summed E-state index contributed by atoms with van der Waals surface area (Å²) in [6.07, 6.45) is 0. The molecule has 2 aromatic carbocycles. The normalized spacial score (nSPS) is 18.4.